The van der Waals surface area contributed by atoms with Gasteiger partial charge in [-0.25, -0.2) is 0 Å². The number of hydrogen-bond donors (Lipinski definition) is 0. The zero-order valence-electron chi connectivity index (χ0n) is 15.8. The average Bonchev–Trinajstić information content (AvgIpc) is 2.61. The molecule has 2 aliphatic carbocycles. The number of ether oxygens (including phenoxy) is 1. The van der Waals surface area contributed by atoms with Crippen molar-refractivity contribution in [3.05, 3.63) is 29.3 Å². The smallest absolute Gasteiger partial charge is 0.406 e. The number of rotatable bonds is 6. The lowest BCUT2D eigenvalue weighted by atomic mass is 9.69. The van der Waals surface area contributed by atoms with E-state index in [9.17, 15) is 13.2 Å². The Labute approximate surface area is 155 Å². The van der Waals surface area contributed by atoms with Crippen molar-refractivity contribution in [2.45, 2.75) is 83.9 Å². The first-order chi connectivity index (χ1) is 12.4. The molecule has 1 aromatic carbocycles. The first kappa shape index (κ1) is 19.6. The van der Waals surface area contributed by atoms with E-state index < -0.39 is 6.36 Å². The van der Waals surface area contributed by atoms with E-state index in [-0.39, 0.29) is 5.75 Å². The van der Waals surface area contributed by atoms with Gasteiger partial charge in [0.05, 0.1) is 0 Å². The van der Waals surface area contributed by atoms with Crippen LogP contribution in [0, 0.1) is 17.8 Å². The van der Waals surface area contributed by atoms with E-state index in [1.54, 1.807) is 6.07 Å². The lowest BCUT2D eigenvalue weighted by Gasteiger charge is -2.36. The fourth-order valence-corrected chi connectivity index (χ4v) is 4.99. The SMILES string of the molecule is CCCCCC1CCC(C2CCc3cc(OC(F)(F)F)ccc3C2)CC1. The zero-order chi connectivity index (χ0) is 18.6. The molecule has 1 unspecified atom stereocenters. The number of aryl methyl sites for hydroxylation is 1. The van der Waals surface area contributed by atoms with Gasteiger partial charge in [-0.2, -0.15) is 0 Å². The number of halogens is 3. The summed E-state index contributed by atoms with van der Waals surface area (Å²) >= 11 is 0. The quantitative estimate of drug-likeness (QED) is 0.488. The fraction of sp³-hybridized carbons (Fsp3) is 0.727. The van der Waals surface area contributed by atoms with Crippen molar-refractivity contribution in [2.24, 2.45) is 17.8 Å². The van der Waals surface area contributed by atoms with Crippen molar-refractivity contribution in [1.82, 2.24) is 0 Å². The predicted octanol–water partition coefficient (Wildman–Crippen LogP) is 7.08. The topological polar surface area (TPSA) is 9.23 Å². The van der Waals surface area contributed by atoms with Crippen LogP contribution in [0.2, 0.25) is 0 Å². The Morgan fingerprint density at radius 1 is 0.962 bits per heavy atom. The largest absolute Gasteiger partial charge is 0.573 e. The molecule has 0 amide bonds. The van der Waals surface area contributed by atoms with E-state index in [1.807, 2.05) is 6.07 Å². The molecule has 4 heteroatoms. The van der Waals surface area contributed by atoms with Crippen LogP contribution < -0.4 is 4.74 Å². The van der Waals surface area contributed by atoms with Crippen molar-refractivity contribution < 1.29 is 17.9 Å². The monoisotopic (exact) mass is 368 g/mol. The first-order valence-electron chi connectivity index (χ1n) is 10.3. The normalized spacial score (nSPS) is 26.4. The lowest BCUT2D eigenvalue weighted by molar-refractivity contribution is -0.274. The van der Waals surface area contributed by atoms with Gasteiger partial charge in [0.25, 0.3) is 0 Å². The molecule has 3 rings (SSSR count). The maximum absolute atomic E-state index is 12.4. The highest BCUT2D eigenvalue weighted by Gasteiger charge is 2.33. The highest BCUT2D eigenvalue weighted by molar-refractivity contribution is 5.37. The minimum absolute atomic E-state index is 0.0812. The van der Waals surface area contributed by atoms with E-state index >= 15 is 0 Å². The highest BCUT2D eigenvalue weighted by atomic mass is 19.4. The molecule has 1 aromatic rings. The highest BCUT2D eigenvalue weighted by Crippen LogP contribution is 2.41. The summed E-state index contributed by atoms with van der Waals surface area (Å²) in [5.41, 5.74) is 2.26. The Kier molecular flexibility index (Phi) is 6.52. The maximum Gasteiger partial charge on any atom is 0.573 e. The molecule has 2 aliphatic rings. The molecule has 0 aromatic heterocycles. The van der Waals surface area contributed by atoms with Gasteiger partial charge in [-0.15, -0.1) is 13.2 Å². The van der Waals surface area contributed by atoms with Crippen LogP contribution in [0.3, 0.4) is 0 Å². The van der Waals surface area contributed by atoms with Crippen molar-refractivity contribution >= 4 is 0 Å². The van der Waals surface area contributed by atoms with Crippen LogP contribution in [0.15, 0.2) is 18.2 Å². The van der Waals surface area contributed by atoms with Crippen LogP contribution in [-0.2, 0) is 12.8 Å². The Hall–Kier alpha value is -1.19. The Balaban J connectivity index is 1.51. The van der Waals surface area contributed by atoms with Crippen molar-refractivity contribution in [3.63, 3.8) is 0 Å². The molecule has 0 aliphatic heterocycles. The van der Waals surface area contributed by atoms with Gasteiger partial charge in [-0.3, -0.25) is 0 Å². The molecule has 0 heterocycles. The average molecular weight is 368 g/mol. The number of alkyl halides is 3. The molecule has 1 atom stereocenters. The third-order valence-electron chi connectivity index (χ3n) is 6.45. The minimum Gasteiger partial charge on any atom is -0.406 e. The molecule has 0 radical (unpaired) electrons. The molecule has 1 nitrogen and oxygen atoms in total. The summed E-state index contributed by atoms with van der Waals surface area (Å²) in [6.07, 6.45) is 9.25. The van der Waals surface area contributed by atoms with Crippen molar-refractivity contribution in [1.29, 1.82) is 0 Å². The third-order valence-corrected chi connectivity index (χ3v) is 6.45. The molecule has 0 N–H and O–H groups in total. The summed E-state index contributed by atoms with van der Waals surface area (Å²) in [7, 11) is 0. The summed E-state index contributed by atoms with van der Waals surface area (Å²) in [5, 5.41) is 0. The lowest BCUT2D eigenvalue weighted by Crippen LogP contribution is -2.26. The standard InChI is InChI=1S/C22H31F3O/c1-2-3-4-5-16-6-8-17(9-7-16)18-10-11-20-15-21(26-22(23,24)25)13-12-19(20)14-18/h12-13,15-18H,2-11,14H2,1H3. The summed E-state index contributed by atoms with van der Waals surface area (Å²) < 4.78 is 41.2. The Bertz CT molecular complexity index is 573. The van der Waals surface area contributed by atoms with E-state index in [1.165, 1.54) is 63.0 Å². The first-order valence-corrected chi connectivity index (χ1v) is 10.3. The molecule has 0 bridgehead atoms. The number of unbranched alkanes of at least 4 members (excludes halogenated alkanes) is 2. The summed E-state index contributed by atoms with van der Waals surface area (Å²) in [6, 6.07) is 4.90. The number of fused-ring (bicyclic) bond motifs is 1. The van der Waals surface area contributed by atoms with E-state index in [2.05, 4.69) is 11.7 Å². The summed E-state index contributed by atoms with van der Waals surface area (Å²) in [6.45, 7) is 2.26. The molecule has 0 saturated heterocycles. The Morgan fingerprint density at radius 3 is 2.42 bits per heavy atom. The predicted molar refractivity (Wildman–Crippen MR) is 98.2 cm³/mol. The van der Waals surface area contributed by atoms with Crippen LogP contribution in [0.25, 0.3) is 0 Å². The van der Waals surface area contributed by atoms with Crippen LogP contribution >= 0.6 is 0 Å². The van der Waals surface area contributed by atoms with Gasteiger partial charge >= 0.3 is 6.36 Å². The zero-order valence-corrected chi connectivity index (χ0v) is 15.8. The van der Waals surface area contributed by atoms with Gasteiger partial charge in [0.2, 0.25) is 0 Å². The molecular weight excluding hydrogens is 337 g/mol. The number of hydrogen-bond acceptors (Lipinski definition) is 1. The van der Waals surface area contributed by atoms with Crippen LogP contribution in [0.1, 0.15) is 75.8 Å². The summed E-state index contributed by atoms with van der Waals surface area (Å²) in [4.78, 5) is 0. The van der Waals surface area contributed by atoms with E-state index in [0.29, 0.717) is 5.92 Å². The molecule has 146 valence electrons. The van der Waals surface area contributed by atoms with Crippen LogP contribution in [-0.4, -0.2) is 6.36 Å². The Morgan fingerprint density at radius 2 is 1.73 bits per heavy atom. The minimum atomic E-state index is -4.61. The third kappa shape index (κ3) is 5.40. The summed E-state index contributed by atoms with van der Waals surface area (Å²) in [5.74, 6) is 2.35. The molecule has 1 fully saturated rings. The number of benzene rings is 1. The van der Waals surface area contributed by atoms with E-state index in [4.69, 9.17) is 0 Å². The van der Waals surface area contributed by atoms with Gasteiger partial charge in [0.1, 0.15) is 5.75 Å². The van der Waals surface area contributed by atoms with Crippen LogP contribution in [0.4, 0.5) is 13.2 Å². The maximum atomic E-state index is 12.4. The van der Waals surface area contributed by atoms with Crippen molar-refractivity contribution in [3.8, 4) is 5.75 Å². The van der Waals surface area contributed by atoms with Gasteiger partial charge in [0, 0.05) is 0 Å². The molecule has 1 saturated carbocycles. The van der Waals surface area contributed by atoms with Gasteiger partial charge in [0.15, 0.2) is 0 Å². The molecular formula is C22H31F3O. The second kappa shape index (κ2) is 8.67. The van der Waals surface area contributed by atoms with Crippen molar-refractivity contribution in [2.75, 3.05) is 0 Å². The van der Waals surface area contributed by atoms with Gasteiger partial charge in [-0.1, -0.05) is 51.5 Å². The van der Waals surface area contributed by atoms with E-state index in [0.717, 1.165) is 36.7 Å². The fourth-order valence-electron chi connectivity index (χ4n) is 4.99. The van der Waals surface area contributed by atoms with Crippen LogP contribution in [0.5, 0.6) is 5.75 Å². The molecule has 0 spiro atoms. The molecule has 26 heavy (non-hydrogen) atoms. The van der Waals surface area contributed by atoms with Gasteiger partial charge < -0.3 is 4.74 Å². The van der Waals surface area contributed by atoms with Gasteiger partial charge in [-0.05, 0) is 73.1 Å². The second-order valence-corrected chi connectivity index (χ2v) is 8.26. The second-order valence-electron chi connectivity index (χ2n) is 8.26.